The highest BCUT2D eigenvalue weighted by Gasteiger charge is 2.10. The lowest BCUT2D eigenvalue weighted by molar-refractivity contribution is 0.414. The number of thiazole rings is 1. The van der Waals surface area contributed by atoms with Crippen LogP contribution < -0.4 is 4.74 Å². The first-order valence-corrected chi connectivity index (χ1v) is 8.75. The van der Waals surface area contributed by atoms with Crippen LogP contribution in [0.3, 0.4) is 0 Å². The third-order valence-corrected chi connectivity index (χ3v) is 5.06. The quantitative estimate of drug-likeness (QED) is 0.624. The minimum atomic E-state index is 0.885. The van der Waals surface area contributed by atoms with E-state index >= 15 is 0 Å². The van der Waals surface area contributed by atoms with Gasteiger partial charge in [-0.3, -0.25) is 0 Å². The maximum absolute atomic E-state index is 5.20. The molecule has 0 saturated heterocycles. The minimum Gasteiger partial charge on any atom is -0.497 e. The number of nitrogens with zero attached hydrogens (tertiary/aromatic N) is 1. The van der Waals surface area contributed by atoms with Gasteiger partial charge in [-0.05, 0) is 61.4 Å². The Hall–Kier alpha value is -1.78. The summed E-state index contributed by atoms with van der Waals surface area (Å²) in [6.45, 7) is 4.31. The van der Waals surface area contributed by atoms with Gasteiger partial charge < -0.3 is 4.74 Å². The van der Waals surface area contributed by atoms with Crippen molar-refractivity contribution < 1.29 is 4.74 Å². The highest BCUT2D eigenvalue weighted by Crippen LogP contribution is 2.35. The van der Waals surface area contributed by atoms with E-state index in [0.29, 0.717) is 0 Å². The van der Waals surface area contributed by atoms with Crippen LogP contribution in [0.25, 0.3) is 11.3 Å². The van der Waals surface area contributed by atoms with E-state index < -0.39 is 0 Å². The average Bonchev–Trinajstić information content (AvgIpc) is 3.01. The Kier molecular flexibility index (Phi) is 4.50. The summed E-state index contributed by atoms with van der Waals surface area (Å²) in [5, 5.41) is 2.10. The predicted molar refractivity (Wildman–Crippen MR) is 94.1 cm³/mol. The van der Waals surface area contributed by atoms with E-state index in [-0.39, 0.29) is 0 Å². The summed E-state index contributed by atoms with van der Waals surface area (Å²) < 4.78 is 5.20. The topological polar surface area (TPSA) is 22.1 Å². The van der Waals surface area contributed by atoms with Crippen LogP contribution in [0.15, 0.2) is 57.1 Å². The summed E-state index contributed by atoms with van der Waals surface area (Å²) in [5.74, 6) is 0.885. The lowest BCUT2D eigenvalue weighted by atomic mass is 10.0. The first kappa shape index (κ1) is 15.1. The van der Waals surface area contributed by atoms with Gasteiger partial charge in [-0.1, -0.05) is 11.8 Å². The molecule has 0 unspecified atom stereocenters. The highest BCUT2D eigenvalue weighted by atomic mass is 32.2. The van der Waals surface area contributed by atoms with Crippen molar-refractivity contribution in [1.82, 2.24) is 4.98 Å². The molecule has 0 radical (unpaired) electrons. The summed E-state index contributed by atoms with van der Waals surface area (Å²) in [4.78, 5) is 6.90. The van der Waals surface area contributed by atoms with Crippen LogP contribution in [0.4, 0.5) is 0 Å². The van der Waals surface area contributed by atoms with E-state index in [1.54, 1.807) is 30.2 Å². The average molecular weight is 327 g/mol. The van der Waals surface area contributed by atoms with Gasteiger partial charge in [0.1, 0.15) is 5.75 Å². The fourth-order valence-electron chi connectivity index (χ4n) is 2.50. The Morgan fingerprint density at radius 1 is 1.00 bits per heavy atom. The van der Waals surface area contributed by atoms with Crippen LogP contribution in [0.5, 0.6) is 5.75 Å². The lowest BCUT2D eigenvalue weighted by Crippen LogP contribution is -1.90. The van der Waals surface area contributed by atoms with Gasteiger partial charge in [0.05, 0.1) is 18.3 Å². The van der Waals surface area contributed by atoms with Gasteiger partial charge in [0.15, 0.2) is 0 Å². The van der Waals surface area contributed by atoms with Gasteiger partial charge in [-0.2, -0.15) is 0 Å². The second-order valence-corrected chi connectivity index (χ2v) is 6.95. The van der Waals surface area contributed by atoms with E-state index in [9.17, 15) is 0 Å². The van der Waals surface area contributed by atoms with Crippen LogP contribution in [0.1, 0.15) is 11.1 Å². The molecule has 3 aromatic rings. The van der Waals surface area contributed by atoms with Gasteiger partial charge >= 0.3 is 0 Å². The molecule has 0 aliphatic rings. The Balaban J connectivity index is 1.89. The summed E-state index contributed by atoms with van der Waals surface area (Å²) >= 11 is 3.40. The molecular weight excluding hydrogens is 310 g/mol. The zero-order valence-electron chi connectivity index (χ0n) is 12.8. The molecule has 0 aliphatic carbocycles. The molecule has 4 heteroatoms. The van der Waals surface area contributed by atoms with Gasteiger partial charge in [-0.25, -0.2) is 4.98 Å². The van der Waals surface area contributed by atoms with E-state index in [1.165, 1.54) is 26.5 Å². The van der Waals surface area contributed by atoms with Crippen molar-refractivity contribution in [3.63, 3.8) is 0 Å². The SMILES string of the molecule is COc1ccc(Sc2cc(C)c(-c3cscn3)c(C)c2)cc1. The number of hydrogen-bond donors (Lipinski definition) is 0. The number of hydrogen-bond acceptors (Lipinski definition) is 4. The molecule has 22 heavy (non-hydrogen) atoms. The van der Waals surface area contributed by atoms with Crippen LogP contribution in [-0.4, -0.2) is 12.1 Å². The Bertz CT molecular complexity index is 741. The summed E-state index contributed by atoms with van der Waals surface area (Å²) in [7, 11) is 1.69. The standard InChI is InChI=1S/C18H17NOS2/c1-12-8-16(22-15-6-4-14(20-3)5-7-15)9-13(2)18(12)17-10-21-11-19-17/h4-11H,1-3H3. The molecule has 2 nitrogen and oxygen atoms in total. The Morgan fingerprint density at radius 2 is 1.68 bits per heavy atom. The lowest BCUT2D eigenvalue weighted by Gasteiger charge is -2.11. The normalized spacial score (nSPS) is 10.7. The molecule has 1 heterocycles. The van der Waals surface area contributed by atoms with Gasteiger partial charge in [0.25, 0.3) is 0 Å². The van der Waals surface area contributed by atoms with Crippen molar-refractivity contribution in [1.29, 1.82) is 0 Å². The number of rotatable bonds is 4. The van der Waals surface area contributed by atoms with E-state index in [1.807, 2.05) is 17.6 Å². The molecule has 0 aliphatic heterocycles. The van der Waals surface area contributed by atoms with Crippen LogP contribution in [-0.2, 0) is 0 Å². The van der Waals surface area contributed by atoms with E-state index in [4.69, 9.17) is 4.74 Å². The minimum absolute atomic E-state index is 0.885. The van der Waals surface area contributed by atoms with Crippen LogP contribution in [0, 0.1) is 13.8 Å². The van der Waals surface area contributed by atoms with Crippen molar-refractivity contribution >= 4 is 23.1 Å². The maximum atomic E-state index is 5.20. The van der Waals surface area contributed by atoms with Crippen molar-refractivity contribution in [2.75, 3.05) is 7.11 Å². The Labute approximate surface area is 139 Å². The number of benzene rings is 2. The molecule has 2 aromatic carbocycles. The molecule has 0 N–H and O–H groups in total. The molecule has 0 bridgehead atoms. The molecule has 112 valence electrons. The van der Waals surface area contributed by atoms with E-state index in [0.717, 1.165) is 11.4 Å². The number of aryl methyl sites for hydroxylation is 2. The summed E-state index contributed by atoms with van der Waals surface area (Å²) in [6, 6.07) is 12.6. The number of methoxy groups -OCH3 is 1. The predicted octanol–water partition coefficient (Wildman–Crippen LogP) is 5.59. The first-order chi connectivity index (χ1) is 10.7. The summed E-state index contributed by atoms with van der Waals surface area (Å²) in [5.41, 5.74) is 6.74. The molecular formula is C18H17NOS2. The zero-order chi connectivity index (χ0) is 15.5. The van der Waals surface area contributed by atoms with Crippen LogP contribution in [0.2, 0.25) is 0 Å². The molecule has 3 rings (SSSR count). The summed E-state index contributed by atoms with van der Waals surface area (Å²) in [6.07, 6.45) is 0. The Morgan fingerprint density at radius 3 is 2.23 bits per heavy atom. The number of aromatic nitrogens is 1. The molecule has 0 saturated carbocycles. The fourth-order valence-corrected chi connectivity index (χ4v) is 4.06. The second kappa shape index (κ2) is 6.55. The van der Waals surface area contributed by atoms with Crippen molar-refractivity contribution in [3.8, 4) is 17.0 Å². The second-order valence-electron chi connectivity index (χ2n) is 5.08. The smallest absolute Gasteiger partial charge is 0.118 e. The van der Waals surface area contributed by atoms with Gasteiger partial charge in [0.2, 0.25) is 0 Å². The maximum Gasteiger partial charge on any atom is 0.118 e. The molecule has 0 fully saturated rings. The molecule has 1 aromatic heterocycles. The van der Waals surface area contributed by atoms with Crippen LogP contribution >= 0.6 is 23.1 Å². The van der Waals surface area contributed by atoms with Crippen molar-refractivity contribution in [3.05, 3.63) is 58.4 Å². The van der Waals surface area contributed by atoms with Gasteiger partial charge in [-0.15, -0.1) is 11.3 Å². The number of ether oxygens (including phenoxy) is 1. The fraction of sp³-hybridized carbons (Fsp3) is 0.167. The van der Waals surface area contributed by atoms with E-state index in [2.05, 4.69) is 48.5 Å². The largest absolute Gasteiger partial charge is 0.497 e. The first-order valence-electron chi connectivity index (χ1n) is 6.99. The highest BCUT2D eigenvalue weighted by molar-refractivity contribution is 7.99. The monoisotopic (exact) mass is 327 g/mol. The third kappa shape index (κ3) is 3.18. The van der Waals surface area contributed by atoms with Crippen molar-refractivity contribution in [2.45, 2.75) is 23.6 Å². The van der Waals surface area contributed by atoms with Crippen molar-refractivity contribution in [2.24, 2.45) is 0 Å². The zero-order valence-corrected chi connectivity index (χ0v) is 14.4. The molecule has 0 amide bonds. The van der Waals surface area contributed by atoms with Gasteiger partial charge in [0, 0.05) is 20.7 Å². The molecule has 0 atom stereocenters. The third-order valence-electron chi connectivity index (χ3n) is 3.49. The molecule has 0 spiro atoms.